The largest absolute Gasteiger partial charge is 0.368 e. The maximum Gasteiger partial charge on any atom is 0.234 e. The number of carbonyl (C=O) groups is 1. The van der Waals surface area contributed by atoms with Gasteiger partial charge < -0.3 is 5.73 Å². The average Bonchev–Trinajstić information content (AvgIpc) is 2.15. The van der Waals surface area contributed by atoms with Gasteiger partial charge in [0.05, 0.1) is 6.04 Å². The van der Waals surface area contributed by atoms with Crippen LogP contribution in [-0.4, -0.2) is 54.9 Å². The number of hydrogen-bond acceptors (Lipinski definition) is 5. The van der Waals surface area contributed by atoms with Crippen molar-refractivity contribution in [1.82, 2.24) is 4.90 Å². The second kappa shape index (κ2) is 4.71. The van der Waals surface area contributed by atoms with Crippen LogP contribution in [0.15, 0.2) is 0 Å². The summed E-state index contributed by atoms with van der Waals surface area (Å²) in [7, 11) is -3.16. The Kier molecular flexibility index (Phi) is 4.02. The van der Waals surface area contributed by atoms with Crippen LogP contribution in [0.5, 0.6) is 0 Å². The third-order valence-electron chi connectivity index (χ3n) is 2.53. The van der Waals surface area contributed by atoms with E-state index in [0.717, 1.165) is 5.75 Å². The summed E-state index contributed by atoms with van der Waals surface area (Å²) in [5.74, 6) is 0.871. The number of thioether (sulfide) groups is 1. The predicted molar refractivity (Wildman–Crippen MR) is 61.3 cm³/mol. The molecule has 0 aliphatic carbocycles. The highest BCUT2D eigenvalue weighted by Crippen LogP contribution is 2.22. The summed E-state index contributed by atoms with van der Waals surface area (Å²) in [6.07, 6.45) is 1.20. The fourth-order valence-electron chi connectivity index (χ4n) is 1.57. The molecular formula is C8H16N2O3S2. The second-order valence-electron chi connectivity index (χ2n) is 3.68. The van der Waals surface area contributed by atoms with Crippen LogP contribution in [0.1, 0.15) is 6.92 Å². The Hall–Kier alpha value is -0.270. The highest BCUT2D eigenvalue weighted by atomic mass is 32.2. The van der Waals surface area contributed by atoms with Gasteiger partial charge in [0.15, 0.2) is 9.84 Å². The minimum Gasteiger partial charge on any atom is -0.368 e. The normalized spacial score (nSPS) is 26.1. The number of hydrogen-bond donors (Lipinski definition) is 1. The number of nitrogens with zero attached hydrogens (tertiary/aromatic N) is 1. The van der Waals surface area contributed by atoms with Crippen molar-refractivity contribution in [1.29, 1.82) is 0 Å². The second-order valence-corrected chi connectivity index (χ2v) is 7.03. The molecule has 1 fully saturated rings. The predicted octanol–water partition coefficient (Wildman–Crippen LogP) is -0.720. The first kappa shape index (κ1) is 12.8. The van der Waals surface area contributed by atoms with Crippen LogP contribution in [0.25, 0.3) is 0 Å². The van der Waals surface area contributed by atoms with Crippen molar-refractivity contribution in [2.75, 3.05) is 24.3 Å². The fraction of sp³-hybridized carbons (Fsp3) is 0.875. The zero-order chi connectivity index (χ0) is 11.6. The molecule has 0 saturated carbocycles. The molecule has 0 spiro atoms. The minimum absolute atomic E-state index is 0.476. The van der Waals surface area contributed by atoms with Gasteiger partial charge in [-0.15, -0.1) is 0 Å². The Morgan fingerprint density at radius 2 is 2.20 bits per heavy atom. The summed E-state index contributed by atoms with van der Waals surface area (Å²) in [6, 6.07) is -0.523. The summed E-state index contributed by atoms with van der Waals surface area (Å²) >= 11 is 1.59. The van der Waals surface area contributed by atoms with Crippen molar-refractivity contribution >= 4 is 27.5 Å². The molecule has 2 unspecified atom stereocenters. The molecule has 15 heavy (non-hydrogen) atoms. The Morgan fingerprint density at radius 1 is 1.60 bits per heavy atom. The van der Waals surface area contributed by atoms with Crippen molar-refractivity contribution in [3.8, 4) is 0 Å². The Morgan fingerprint density at radius 3 is 2.67 bits per heavy atom. The lowest BCUT2D eigenvalue weighted by molar-refractivity contribution is -0.122. The monoisotopic (exact) mass is 252 g/mol. The van der Waals surface area contributed by atoms with Crippen LogP contribution in [0.4, 0.5) is 0 Å². The molecule has 1 aliphatic rings. The molecule has 2 atom stereocenters. The first-order chi connectivity index (χ1) is 6.84. The van der Waals surface area contributed by atoms with Crippen molar-refractivity contribution in [2.24, 2.45) is 5.73 Å². The SMILES string of the molecule is CC(C(N)=O)N1CCSCC1S(C)(=O)=O. The van der Waals surface area contributed by atoms with E-state index in [2.05, 4.69) is 0 Å². The lowest BCUT2D eigenvalue weighted by atomic mass is 10.2. The molecule has 1 aliphatic heterocycles. The Labute approximate surface area is 94.3 Å². The Bertz CT molecular complexity index is 342. The molecule has 88 valence electrons. The van der Waals surface area contributed by atoms with E-state index in [-0.39, 0.29) is 0 Å². The van der Waals surface area contributed by atoms with Crippen LogP contribution in [0.3, 0.4) is 0 Å². The molecule has 0 aromatic carbocycles. The molecule has 0 aromatic rings. The topological polar surface area (TPSA) is 80.5 Å². The van der Waals surface area contributed by atoms with E-state index in [0.29, 0.717) is 12.3 Å². The maximum absolute atomic E-state index is 11.5. The van der Waals surface area contributed by atoms with Gasteiger partial charge >= 0.3 is 0 Å². The van der Waals surface area contributed by atoms with Gasteiger partial charge in [-0.25, -0.2) is 8.42 Å². The molecule has 1 heterocycles. The summed E-state index contributed by atoms with van der Waals surface area (Å²) in [6.45, 7) is 2.24. The smallest absolute Gasteiger partial charge is 0.234 e. The number of primary amides is 1. The summed E-state index contributed by atoms with van der Waals surface area (Å²) in [4.78, 5) is 12.7. The molecule has 5 nitrogen and oxygen atoms in total. The van der Waals surface area contributed by atoms with Crippen LogP contribution in [0.2, 0.25) is 0 Å². The van der Waals surface area contributed by atoms with Gasteiger partial charge in [-0.2, -0.15) is 11.8 Å². The number of rotatable bonds is 3. The van der Waals surface area contributed by atoms with Gasteiger partial charge in [-0.3, -0.25) is 9.69 Å². The van der Waals surface area contributed by atoms with E-state index in [9.17, 15) is 13.2 Å². The summed E-state index contributed by atoms with van der Waals surface area (Å²) in [5.41, 5.74) is 5.19. The summed E-state index contributed by atoms with van der Waals surface area (Å²) in [5, 5.41) is -0.584. The van der Waals surface area contributed by atoms with E-state index in [1.54, 1.807) is 23.6 Å². The van der Waals surface area contributed by atoms with Crippen molar-refractivity contribution in [3.05, 3.63) is 0 Å². The van der Waals surface area contributed by atoms with E-state index in [1.165, 1.54) is 6.26 Å². The quantitative estimate of drug-likeness (QED) is 0.717. The number of carbonyl (C=O) groups excluding carboxylic acids is 1. The fourth-order valence-corrected chi connectivity index (χ4v) is 4.53. The van der Waals surface area contributed by atoms with Crippen LogP contribution < -0.4 is 5.73 Å². The van der Waals surface area contributed by atoms with Gasteiger partial charge in [0.1, 0.15) is 5.37 Å². The number of amides is 1. The van der Waals surface area contributed by atoms with E-state index in [4.69, 9.17) is 5.73 Å². The number of nitrogens with two attached hydrogens (primary N) is 1. The van der Waals surface area contributed by atoms with Crippen molar-refractivity contribution < 1.29 is 13.2 Å². The minimum atomic E-state index is -3.16. The molecule has 0 aromatic heterocycles. The standard InChI is InChI=1S/C8H16N2O3S2/c1-6(8(9)11)10-3-4-14-5-7(10)15(2,12)13/h6-7H,3-5H2,1-2H3,(H2,9,11). The molecule has 1 rings (SSSR count). The van der Waals surface area contributed by atoms with E-state index < -0.39 is 27.2 Å². The molecule has 0 radical (unpaired) electrons. The third kappa shape index (κ3) is 3.09. The zero-order valence-electron chi connectivity index (χ0n) is 8.84. The summed E-state index contributed by atoms with van der Waals surface area (Å²) < 4.78 is 23.0. The highest BCUT2D eigenvalue weighted by molar-refractivity contribution is 8.00. The van der Waals surface area contributed by atoms with E-state index in [1.807, 2.05) is 0 Å². The van der Waals surface area contributed by atoms with Crippen molar-refractivity contribution in [2.45, 2.75) is 18.3 Å². The maximum atomic E-state index is 11.5. The number of sulfone groups is 1. The molecule has 2 N–H and O–H groups in total. The lowest BCUT2D eigenvalue weighted by Crippen LogP contribution is -2.54. The molecular weight excluding hydrogens is 236 g/mol. The van der Waals surface area contributed by atoms with Crippen LogP contribution in [-0.2, 0) is 14.6 Å². The molecule has 1 saturated heterocycles. The average molecular weight is 252 g/mol. The van der Waals surface area contributed by atoms with Gasteiger partial charge in [-0.1, -0.05) is 0 Å². The third-order valence-corrected chi connectivity index (χ3v) is 5.19. The van der Waals surface area contributed by atoms with Gasteiger partial charge in [0.2, 0.25) is 5.91 Å². The zero-order valence-corrected chi connectivity index (χ0v) is 10.5. The van der Waals surface area contributed by atoms with Crippen LogP contribution in [0, 0.1) is 0 Å². The Balaban J connectivity index is 2.88. The van der Waals surface area contributed by atoms with Gasteiger partial charge in [-0.05, 0) is 6.92 Å². The van der Waals surface area contributed by atoms with Crippen molar-refractivity contribution in [3.63, 3.8) is 0 Å². The lowest BCUT2D eigenvalue weighted by Gasteiger charge is -2.36. The highest BCUT2D eigenvalue weighted by Gasteiger charge is 2.35. The first-order valence-corrected chi connectivity index (χ1v) is 7.76. The van der Waals surface area contributed by atoms with Gasteiger partial charge in [0.25, 0.3) is 0 Å². The van der Waals surface area contributed by atoms with E-state index >= 15 is 0 Å². The van der Waals surface area contributed by atoms with Crippen LogP contribution >= 0.6 is 11.8 Å². The van der Waals surface area contributed by atoms with Gasteiger partial charge in [0, 0.05) is 24.3 Å². The molecule has 1 amide bonds. The molecule has 7 heteroatoms. The molecule has 0 bridgehead atoms. The first-order valence-electron chi connectivity index (χ1n) is 4.65.